The normalized spacial score (nSPS) is 16.3. The van der Waals surface area contributed by atoms with Gasteiger partial charge in [-0.25, -0.2) is 0 Å². The smallest absolute Gasteiger partial charge is 0.118 e. The lowest BCUT2D eigenvalue weighted by atomic mass is 10.0. The second-order valence-corrected chi connectivity index (χ2v) is 6.92. The van der Waals surface area contributed by atoms with Gasteiger partial charge in [-0.15, -0.1) is 0 Å². The molecule has 1 aliphatic carbocycles. The molecule has 2 aromatic carbocycles. The number of fused-ring (bicyclic) bond motifs is 5. The fourth-order valence-corrected chi connectivity index (χ4v) is 4.09. The fourth-order valence-electron chi connectivity index (χ4n) is 4.09. The van der Waals surface area contributed by atoms with E-state index in [0.717, 1.165) is 63.8 Å². The third-order valence-corrected chi connectivity index (χ3v) is 5.36. The zero-order valence-electron chi connectivity index (χ0n) is 14.6. The molecule has 2 N–H and O–H groups in total. The topological polar surface area (TPSA) is 58.1 Å². The molecule has 4 heteroatoms. The van der Waals surface area contributed by atoms with Crippen LogP contribution in [0.3, 0.4) is 0 Å². The van der Waals surface area contributed by atoms with Gasteiger partial charge in [0, 0.05) is 34.0 Å². The first-order valence-electron chi connectivity index (χ1n) is 8.97. The van der Waals surface area contributed by atoms with Crippen molar-refractivity contribution >= 4 is 21.8 Å². The number of hydrogen-bond donors (Lipinski definition) is 2. The maximum atomic E-state index is 10.5. The molecule has 0 aliphatic heterocycles. The number of para-hydroxylation sites is 1. The van der Waals surface area contributed by atoms with Crippen molar-refractivity contribution in [3.63, 3.8) is 0 Å². The van der Waals surface area contributed by atoms with E-state index < -0.39 is 6.10 Å². The highest BCUT2D eigenvalue weighted by Crippen LogP contribution is 2.40. The first-order valence-corrected chi connectivity index (χ1v) is 8.97. The number of H-pyrrole nitrogens is 1. The SMILES string of the molecule is COc1ccc(Cc2nc3c(c4c2[nH]c2ccccc24)C(O)CC3)cc1. The summed E-state index contributed by atoms with van der Waals surface area (Å²) in [6.07, 6.45) is 1.91. The molecule has 26 heavy (non-hydrogen) atoms. The van der Waals surface area contributed by atoms with E-state index in [2.05, 4.69) is 29.2 Å². The van der Waals surface area contributed by atoms with E-state index in [0.29, 0.717) is 0 Å². The third-order valence-electron chi connectivity index (χ3n) is 5.36. The number of nitrogens with one attached hydrogen (secondary N) is 1. The molecule has 1 unspecified atom stereocenters. The molecule has 5 rings (SSSR count). The Morgan fingerprint density at radius 1 is 1.15 bits per heavy atom. The van der Waals surface area contributed by atoms with Crippen molar-refractivity contribution in [2.75, 3.05) is 7.11 Å². The van der Waals surface area contributed by atoms with Crippen molar-refractivity contribution < 1.29 is 9.84 Å². The number of methoxy groups -OCH3 is 1. The van der Waals surface area contributed by atoms with Crippen LogP contribution in [0.2, 0.25) is 0 Å². The molecule has 0 saturated heterocycles. The zero-order valence-corrected chi connectivity index (χ0v) is 14.6. The second-order valence-electron chi connectivity index (χ2n) is 6.92. The number of aromatic amines is 1. The summed E-state index contributed by atoms with van der Waals surface area (Å²) in [6, 6.07) is 16.4. The van der Waals surface area contributed by atoms with E-state index in [4.69, 9.17) is 9.72 Å². The summed E-state index contributed by atoms with van der Waals surface area (Å²) in [7, 11) is 1.68. The molecule has 1 aliphatic rings. The van der Waals surface area contributed by atoms with Gasteiger partial charge in [0.2, 0.25) is 0 Å². The Balaban J connectivity index is 1.72. The minimum absolute atomic E-state index is 0.422. The molecule has 0 spiro atoms. The molecule has 2 heterocycles. The minimum Gasteiger partial charge on any atom is -0.497 e. The van der Waals surface area contributed by atoms with Gasteiger partial charge in [-0.2, -0.15) is 0 Å². The summed E-state index contributed by atoms with van der Waals surface area (Å²) in [4.78, 5) is 8.48. The summed E-state index contributed by atoms with van der Waals surface area (Å²) in [5.74, 6) is 0.856. The van der Waals surface area contributed by atoms with Crippen molar-refractivity contribution in [1.82, 2.24) is 9.97 Å². The summed E-state index contributed by atoms with van der Waals surface area (Å²) in [5, 5.41) is 12.8. The van der Waals surface area contributed by atoms with Crippen LogP contribution in [-0.2, 0) is 12.8 Å². The molecule has 4 nitrogen and oxygen atoms in total. The summed E-state index contributed by atoms with van der Waals surface area (Å²) in [6.45, 7) is 0. The van der Waals surface area contributed by atoms with E-state index >= 15 is 0 Å². The molecule has 0 bridgehead atoms. The zero-order chi connectivity index (χ0) is 17.7. The Bertz CT molecular complexity index is 1110. The van der Waals surface area contributed by atoms with Crippen LogP contribution in [0.1, 0.15) is 35.0 Å². The Labute approximate surface area is 151 Å². The van der Waals surface area contributed by atoms with Gasteiger partial charge in [0.25, 0.3) is 0 Å². The van der Waals surface area contributed by atoms with Crippen molar-refractivity contribution in [3.8, 4) is 5.75 Å². The molecule has 4 aromatic rings. The van der Waals surface area contributed by atoms with Crippen LogP contribution in [0.4, 0.5) is 0 Å². The van der Waals surface area contributed by atoms with Crippen LogP contribution in [0, 0.1) is 0 Å². The predicted octanol–water partition coefficient (Wildman–Crippen LogP) is 4.30. The van der Waals surface area contributed by atoms with E-state index in [1.165, 1.54) is 5.56 Å². The van der Waals surface area contributed by atoms with Gasteiger partial charge >= 0.3 is 0 Å². The van der Waals surface area contributed by atoms with E-state index in [9.17, 15) is 5.11 Å². The molecule has 0 radical (unpaired) electrons. The van der Waals surface area contributed by atoms with Gasteiger partial charge in [0.15, 0.2) is 0 Å². The molecule has 2 aromatic heterocycles. The number of rotatable bonds is 3. The van der Waals surface area contributed by atoms with E-state index in [-0.39, 0.29) is 0 Å². The van der Waals surface area contributed by atoms with Crippen molar-refractivity contribution in [1.29, 1.82) is 0 Å². The second kappa shape index (κ2) is 5.85. The van der Waals surface area contributed by atoms with Gasteiger partial charge in [-0.1, -0.05) is 30.3 Å². The maximum absolute atomic E-state index is 10.5. The molecular weight excluding hydrogens is 324 g/mol. The lowest BCUT2D eigenvalue weighted by molar-refractivity contribution is 0.181. The van der Waals surface area contributed by atoms with Crippen LogP contribution in [0.5, 0.6) is 5.75 Å². The number of nitrogens with zero attached hydrogens (tertiary/aromatic N) is 1. The predicted molar refractivity (Wildman–Crippen MR) is 103 cm³/mol. The summed E-state index contributed by atoms with van der Waals surface area (Å²) < 4.78 is 5.25. The van der Waals surface area contributed by atoms with Crippen LogP contribution in [0.15, 0.2) is 48.5 Å². The Morgan fingerprint density at radius 2 is 1.96 bits per heavy atom. The Morgan fingerprint density at radius 3 is 2.77 bits per heavy atom. The molecule has 0 saturated carbocycles. The van der Waals surface area contributed by atoms with E-state index in [1.807, 2.05) is 24.3 Å². The average molecular weight is 344 g/mol. The first-order chi connectivity index (χ1) is 12.7. The number of pyridine rings is 1. The minimum atomic E-state index is -0.422. The lowest BCUT2D eigenvalue weighted by Gasteiger charge is -2.10. The highest BCUT2D eigenvalue weighted by Gasteiger charge is 2.27. The van der Waals surface area contributed by atoms with Crippen LogP contribution in [0.25, 0.3) is 21.8 Å². The summed E-state index contributed by atoms with van der Waals surface area (Å²) >= 11 is 0. The fraction of sp³-hybridized carbons (Fsp3) is 0.227. The molecule has 1 atom stereocenters. The maximum Gasteiger partial charge on any atom is 0.118 e. The number of hydrogen-bond acceptors (Lipinski definition) is 3. The highest BCUT2D eigenvalue weighted by atomic mass is 16.5. The number of aromatic nitrogens is 2. The van der Waals surface area contributed by atoms with Crippen molar-refractivity contribution in [2.45, 2.75) is 25.4 Å². The number of aryl methyl sites for hydroxylation is 1. The average Bonchev–Trinajstić information content (AvgIpc) is 3.23. The Kier molecular flexibility index (Phi) is 3.47. The third kappa shape index (κ3) is 2.30. The van der Waals surface area contributed by atoms with Crippen LogP contribution >= 0.6 is 0 Å². The Hall–Kier alpha value is -2.85. The molecule has 0 fully saturated rings. The van der Waals surface area contributed by atoms with Gasteiger partial charge in [0.1, 0.15) is 5.75 Å². The number of aliphatic hydroxyl groups excluding tert-OH is 1. The highest BCUT2D eigenvalue weighted by molar-refractivity contribution is 6.10. The molecule has 0 amide bonds. The van der Waals surface area contributed by atoms with Crippen LogP contribution < -0.4 is 4.74 Å². The number of aliphatic hydroxyl groups is 1. The van der Waals surface area contributed by atoms with Crippen molar-refractivity contribution in [3.05, 3.63) is 71.0 Å². The number of benzene rings is 2. The van der Waals surface area contributed by atoms with E-state index in [1.54, 1.807) is 7.11 Å². The van der Waals surface area contributed by atoms with Crippen LogP contribution in [-0.4, -0.2) is 22.2 Å². The lowest BCUT2D eigenvalue weighted by Crippen LogP contribution is -2.01. The van der Waals surface area contributed by atoms with Gasteiger partial charge in [-0.05, 0) is 36.6 Å². The molecule has 130 valence electrons. The number of ether oxygens (including phenoxy) is 1. The van der Waals surface area contributed by atoms with Gasteiger partial charge < -0.3 is 14.8 Å². The van der Waals surface area contributed by atoms with Gasteiger partial charge in [-0.3, -0.25) is 4.98 Å². The standard InChI is InChI=1S/C22H20N2O2/c1-26-14-8-6-13(7-9-14)12-18-22-20(15-4-2-3-5-16(15)24-22)21-17(23-18)10-11-19(21)25/h2-9,19,24-25H,10-12H2,1H3. The van der Waals surface area contributed by atoms with Gasteiger partial charge in [0.05, 0.1) is 24.4 Å². The molecular formula is C22H20N2O2. The van der Waals surface area contributed by atoms with Crippen molar-refractivity contribution in [2.24, 2.45) is 0 Å². The first kappa shape index (κ1) is 15.4. The quantitative estimate of drug-likeness (QED) is 0.583. The largest absolute Gasteiger partial charge is 0.497 e. The summed E-state index contributed by atoms with van der Waals surface area (Å²) in [5.41, 5.74) is 6.41. The monoisotopic (exact) mass is 344 g/mol.